The van der Waals surface area contributed by atoms with Gasteiger partial charge in [-0.15, -0.1) is 0 Å². The number of sulfonamides is 1. The van der Waals surface area contributed by atoms with Crippen molar-refractivity contribution in [3.8, 4) is 0 Å². The van der Waals surface area contributed by atoms with Crippen LogP contribution >= 0.6 is 0 Å². The van der Waals surface area contributed by atoms with Crippen LogP contribution in [-0.4, -0.2) is 37.3 Å². The first-order valence-corrected chi connectivity index (χ1v) is 8.60. The largest absolute Gasteiger partial charge is 0.330 e. The molecule has 21 heavy (non-hydrogen) atoms. The van der Waals surface area contributed by atoms with Gasteiger partial charge >= 0.3 is 0 Å². The summed E-state index contributed by atoms with van der Waals surface area (Å²) in [5, 5.41) is 1.58. The van der Waals surface area contributed by atoms with E-state index in [2.05, 4.69) is 4.98 Å². The van der Waals surface area contributed by atoms with Gasteiger partial charge in [0.05, 0.1) is 4.90 Å². The summed E-state index contributed by atoms with van der Waals surface area (Å²) >= 11 is 0. The Morgan fingerprint density at radius 2 is 2.19 bits per heavy atom. The van der Waals surface area contributed by atoms with Gasteiger partial charge in [0.1, 0.15) is 0 Å². The molecule has 2 aromatic rings. The first kappa shape index (κ1) is 14.4. The molecule has 1 unspecified atom stereocenters. The molecule has 2 heterocycles. The SMILES string of the molecule is NCCC1CCN(S(=O)(=O)c2cccc3cnccc23)C1. The lowest BCUT2D eigenvalue weighted by Crippen LogP contribution is -2.29. The van der Waals surface area contributed by atoms with E-state index in [9.17, 15) is 8.42 Å². The number of rotatable bonds is 4. The van der Waals surface area contributed by atoms with Gasteiger partial charge in [-0.2, -0.15) is 4.31 Å². The topological polar surface area (TPSA) is 76.3 Å². The number of nitrogens with zero attached hydrogens (tertiary/aromatic N) is 2. The summed E-state index contributed by atoms with van der Waals surface area (Å²) in [6, 6.07) is 7.08. The molecule has 0 saturated carbocycles. The normalized spacial score (nSPS) is 20.1. The van der Waals surface area contributed by atoms with Crippen molar-refractivity contribution in [2.45, 2.75) is 17.7 Å². The summed E-state index contributed by atoms with van der Waals surface area (Å²) in [6.45, 7) is 1.76. The number of fused-ring (bicyclic) bond motifs is 1. The maximum absolute atomic E-state index is 12.9. The van der Waals surface area contributed by atoms with Gasteiger partial charge in [0, 0.05) is 36.3 Å². The van der Waals surface area contributed by atoms with Crippen LogP contribution in [0.2, 0.25) is 0 Å². The van der Waals surface area contributed by atoms with E-state index in [1.165, 1.54) is 0 Å². The lowest BCUT2D eigenvalue weighted by molar-refractivity contribution is 0.449. The molecule has 0 radical (unpaired) electrons. The minimum absolute atomic E-state index is 0.371. The molecule has 1 aromatic carbocycles. The summed E-state index contributed by atoms with van der Waals surface area (Å²) in [7, 11) is -3.45. The van der Waals surface area contributed by atoms with Crippen LogP contribution in [0.4, 0.5) is 0 Å². The molecule has 1 aliphatic heterocycles. The zero-order valence-electron chi connectivity index (χ0n) is 11.8. The van der Waals surface area contributed by atoms with E-state index in [4.69, 9.17) is 5.73 Å². The average molecular weight is 305 g/mol. The second-order valence-electron chi connectivity index (χ2n) is 5.45. The van der Waals surface area contributed by atoms with Gasteiger partial charge in [0.25, 0.3) is 0 Å². The van der Waals surface area contributed by atoms with Crippen molar-refractivity contribution in [1.29, 1.82) is 0 Å². The maximum Gasteiger partial charge on any atom is 0.243 e. The Morgan fingerprint density at radius 1 is 1.33 bits per heavy atom. The Labute approximate surface area is 124 Å². The van der Waals surface area contributed by atoms with Crippen LogP contribution in [-0.2, 0) is 10.0 Å². The van der Waals surface area contributed by atoms with Crippen LogP contribution < -0.4 is 5.73 Å². The molecule has 0 bridgehead atoms. The Bertz CT molecular complexity index is 740. The van der Waals surface area contributed by atoms with Crippen LogP contribution in [0.25, 0.3) is 10.8 Å². The van der Waals surface area contributed by atoms with Gasteiger partial charge < -0.3 is 5.73 Å². The first-order chi connectivity index (χ1) is 10.1. The molecule has 3 rings (SSSR count). The fourth-order valence-corrected chi connectivity index (χ4v) is 4.69. The lowest BCUT2D eigenvalue weighted by atomic mass is 10.1. The second kappa shape index (κ2) is 5.71. The highest BCUT2D eigenvalue weighted by molar-refractivity contribution is 7.89. The van der Waals surface area contributed by atoms with Crippen molar-refractivity contribution in [3.63, 3.8) is 0 Å². The molecule has 112 valence electrons. The van der Waals surface area contributed by atoms with E-state index < -0.39 is 10.0 Å². The van der Waals surface area contributed by atoms with Crippen molar-refractivity contribution in [2.75, 3.05) is 19.6 Å². The van der Waals surface area contributed by atoms with Crippen molar-refractivity contribution in [1.82, 2.24) is 9.29 Å². The zero-order chi connectivity index (χ0) is 14.9. The summed E-state index contributed by atoms with van der Waals surface area (Å²) in [5.41, 5.74) is 5.57. The third kappa shape index (κ3) is 2.66. The quantitative estimate of drug-likeness (QED) is 0.930. The third-order valence-corrected chi connectivity index (χ3v) is 6.01. The maximum atomic E-state index is 12.9. The molecule has 2 N–H and O–H groups in total. The van der Waals surface area contributed by atoms with Crippen molar-refractivity contribution in [3.05, 3.63) is 36.7 Å². The molecule has 5 nitrogen and oxygen atoms in total. The van der Waals surface area contributed by atoms with Gasteiger partial charge in [0.15, 0.2) is 0 Å². The van der Waals surface area contributed by atoms with Gasteiger partial charge in [-0.25, -0.2) is 8.42 Å². The average Bonchev–Trinajstić information content (AvgIpc) is 2.96. The monoisotopic (exact) mass is 305 g/mol. The molecular weight excluding hydrogens is 286 g/mol. The summed E-state index contributed by atoms with van der Waals surface area (Å²) in [4.78, 5) is 4.42. The number of benzene rings is 1. The molecule has 1 aromatic heterocycles. The van der Waals surface area contributed by atoms with E-state index >= 15 is 0 Å². The first-order valence-electron chi connectivity index (χ1n) is 7.16. The fourth-order valence-electron chi connectivity index (χ4n) is 2.94. The number of nitrogens with two attached hydrogens (primary N) is 1. The Balaban J connectivity index is 1.98. The van der Waals surface area contributed by atoms with Crippen molar-refractivity contribution >= 4 is 20.8 Å². The molecule has 0 spiro atoms. The Hall–Kier alpha value is -1.50. The van der Waals surface area contributed by atoms with Crippen LogP contribution in [0, 0.1) is 5.92 Å². The molecule has 0 amide bonds. The van der Waals surface area contributed by atoms with Crippen LogP contribution in [0.5, 0.6) is 0 Å². The highest BCUT2D eigenvalue weighted by Crippen LogP contribution is 2.29. The standard InChI is InChI=1S/C15H19N3O2S/c16-7-4-12-6-9-18(11-12)21(19,20)15-3-1-2-13-10-17-8-5-14(13)15/h1-3,5,8,10,12H,4,6-7,9,11,16H2. The fraction of sp³-hybridized carbons (Fsp3) is 0.400. The van der Waals surface area contributed by atoms with Gasteiger partial charge in [-0.05, 0) is 37.4 Å². The second-order valence-corrected chi connectivity index (χ2v) is 7.35. The van der Waals surface area contributed by atoms with Crippen molar-refractivity contribution in [2.24, 2.45) is 11.7 Å². The Morgan fingerprint density at radius 3 is 3.00 bits per heavy atom. The Kier molecular flexibility index (Phi) is 3.93. The number of pyridine rings is 1. The smallest absolute Gasteiger partial charge is 0.243 e. The van der Waals surface area contributed by atoms with Crippen LogP contribution in [0.15, 0.2) is 41.6 Å². The van der Waals surface area contributed by atoms with Gasteiger partial charge in [-0.3, -0.25) is 4.98 Å². The minimum atomic E-state index is -3.45. The molecule has 1 saturated heterocycles. The molecule has 6 heteroatoms. The van der Waals surface area contributed by atoms with Gasteiger partial charge in [-0.1, -0.05) is 12.1 Å². The predicted molar refractivity (Wildman–Crippen MR) is 82.3 cm³/mol. The molecule has 1 atom stereocenters. The van der Waals surface area contributed by atoms with E-state index in [1.54, 1.807) is 34.9 Å². The minimum Gasteiger partial charge on any atom is -0.330 e. The molecular formula is C15H19N3O2S. The van der Waals surface area contributed by atoms with Crippen LogP contribution in [0.1, 0.15) is 12.8 Å². The number of aromatic nitrogens is 1. The highest BCUT2D eigenvalue weighted by Gasteiger charge is 2.32. The van der Waals surface area contributed by atoms with Gasteiger partial charge in [0.2, 0.25) is 10.0 Å². The van der Waals surface area contributed by atoms with Crippen molar-refractivity contribution < 1.29 is 8.42 Å². The van der Waals surface area contributed by atoms with E-state index in [-0.39, 0.29) is 0 Å². The lowest BCUT2D eigenvalue weighted by Gasteiger charge is -2.17. The molecule has 1 fully saturated rings. The zero-order valence-corrected chi connectivity index (χ0v) is 12.6. The van der Waals surface area contributed by atoms with E-state index in [0.717, 1.165) is 23.6 Å². The summed E-state index contributed by atoms with van der Waals surface area (Å²) < 4.78 is 27.3. The predicted octanol–water partition coefficient (Wildman–Crippen LogP) is 1.59. The molecule has 0 aliphatic carbocycles. The van der Waals surface area contributed by atoms with E-state index in [0.29, 0.717) is 30.4 Å². The molecule has 1 aliphatic rings. The van der Waals surface area contributed by atoms with E-state index in [1.807, 2.05) is 6.07 Å². The number of hydrogen-bond donors (Lipinski definition) is 1. The van der Waals surface area contributed by atoms with Crippen LogP contribution in [0.3, 0.4) is 0 Å². The number of hydrogen-bond acceptors (Lipinski definition) is 4. The summed E-state index contributed by atoms with van der Waals surface area (Å²) in [6.07, 6.45) is 5.09. The highest BCUT2D eigenvalue weighted by atomic mass is 32.2. The summed E-state index contributed by atoms with van der Waals surface area (Å²) in [5.74, 6) is 0.376. The third-order valence-electron chi connectivity index (χ3n) is 4.08.